The largest absolute Gasteiger partial charge is 0.368 e. The Bertz CT molecular complexity index is 931. The summed E-state index contributed by atoms with van der Waals surface area (Å²) >= 11 is 0. The van der Waals surface area contributed by atoms with Gasteiger partial charge in [0.25, 0.3) is 10.0 Å². The average molecular weight is 388 g/mol. The average Bonchev–Trinajstić information content (AvgIpc) is 2.64. The van der Waals surface area contributed by atoms with Crippen molar-refractivity contribution in [3.8, 4) is 0 Å². The molecule has 7 heteroatoms. The molecule has 1 saturated heterocycles. The normalized spacial score (nSPS) is 14.9. The maximum Gasteiger partial charge on any atom is 0.262 e. The summed E-state index contributed by atoms with van der Waals surface area (Å²) in [4.78, 5) is 15.8. The van der Waals surface area contributed by atoms with E-state index in [-0.39, 0.29) is 5.91 Å². The molecule has 0 atom stereocenters. The maximum absolute atomic E-state index is 12.7. The number of piperazine rings is 1. The Balaban J connectivity index is 1.71. The Morgan fingerprint density at radius 1 is 0.963 bits per heavy atom. The van der Waals surface area contributed by atoms with Crippen LogP contribution in [0.4, 0.5) is 11.4 Å². The summed E-state index contributed by atoms with van der Waals surface area (Å²) in [6.07, 6.45) is 0. The van der Waals surface area contributed by atoms with E-state index in [0.29, 0.717) is 29.2 Å². The molecule has 1 heterocycles. The minimum absolute atomic E-state index is 0.103. The van der Waals surface area contributed by atoms with Gasteiger partial charge in [0.15, 0.2) is 0 Å². The molecule has 1 fully saturated rings. The Morgan fingerprint density at radius 2 is 1.59 bits per heavy atom. The van der Waals surface area contributed by atoms with Crippen LogP contribution >= 0.6 is 0 Å². The van der Waals surface area contributed by atoms with Gasteiger partial charge in [0.2, 0.25) is 5.91 Å². The van der Waals surface area contributed by atoms with Crippen LogP contribution in [0.1, 0.15) is 18.1 Å². The third kappa shape index (κ3) is 4.42. The quantitative estimate of drug-likeness (QED) is 0.876. The van der Waals surface area contributed by atoms with Crippen LogP contribution in [-0.4, -0.2) is 45.4 Å². The van der Waals surface area contributed by atoms with E-state index in [4.69, 9.17) is 0 Å². The van der Waals surface area contributed by atoms with Crippen LogP contribution in [0.3, 0.4) is 0 Å². The second-order valence-electron chi connectivity index (χ2n) is 6.91. The van der Waals surface area contributed by atoms with E-state index in [9.17, 15) is 13.2 Å². The molecule has 144 valence electrons. The summed E-state index contributed by atoms with van der Waals surface area (Å²) < 4.78 is 28.1. The van der Waals surface area contributed by atoms with Gasteiger partial charge < -0.3 is 9.80 Å². The van der Waals surface area contributed by atoms with Crippen molar-refractivity contribution in [1.82, 2.24) is 4.90 Å². The Morgan fingerprint density at radius 3 is 2.19 bits per heavy atom. The molecule has 1 amide bonds. The van der Waals surface area contributed by atoms with Gasteiger partial charge in [-0.2, -0.15) is 0 Å². The lowest BCUT2D eigenvalue weighted by atomic mass is 10.2. The van der Waals surface area contributed by atoms with Crippen molar-refractivity contribution < 1.29 is 13.2 Å². The molecule has 0 aromatic heterocycles. The predicted molar refractivity (Wildman–Crippen MR) is 108 cm³/mol. The molecule has 0 aliphatic carbocycles. The first-order valence-electron chi connectivity index (χ1n) is 8.97. The number of benzene rings is 2. The fourth-order valence-corrected chi connectivity index (χ4v) is 4.62. The summed E-state index contributed by atoms with van der Waals surface area (Å²) in [5, 5.41) is 0. The lowest BCUT2D eigenvalue weighted by Crippen LogP contribution is -2.48. The second kappa shape index (κ2) is 7.60. The molecular formula is C20H25N3O3S. The van der Waals surface area contributed by atoms with Crippen LogP contribution in [0.25, 0.3) is 0 Å². The van der Waals surface area contributed by atoms with Gasteiger partial charge in [-0.15, -0.1) is 0 Å². The third-order valence-electron chi connectivity index (χ3n) is 4.84. The molecule has 1 N–H and O–H groups in total. The van der Waals surface area contributed by atoms with E-state index >= 15 is 0 Å². The van der Waals surface area contributed by atoms with E-state index in [1.54, 1.807) is 32.0 Å². The molecule has 3 rings (SSSR count). The third-order valence-corrected chi connectivity index (χ3v) is 6.37. The number of nitrogens with one attached hydrogen (secondary N) is 1. The van der Waals surface area contributed by atoms with Crippen molar-refractivity contribution in [2.45, 2.75) is 25.7 Å². The van der Waals surface area contributed by atoms with Crippen molar-refractivity contribution in [1.29, 1.82) is 0 Å². The standard InChI is InChI=1S/C20H25N3O3S/c1-15-4-5-16(2)20(14-15)27(25,26)21-18-6-8-19(9-7-18)23-12-10-22(11-13-23)17(3)24/h4-9,14,21H,10-13H2,1-3H3. The number of hydrogen-bond acceptors (Lipinski definition) is 4. The zero-order chi connectivity index (χ0) is 19.6. The number of hydrogen-bond donors (Lipinski definition) is 1. The van der Waals surface area contributed by atoms with Gasteiger partial charge in [-0.05, 0) is 55.3 Å². The van der Waals surface area contributed by atoms with Crippen LogP contribution in [0.5, 0.6) is 0 Å². The molecule has 27 heavy (non-hydrogen) atoms. The number of nitrogens with zero attached hydrogens (tertiary/aromatic N) is 2. The van der Waals surface area contributed by atoms with Crippen LogP contribution in [0, 0.1) is 13.8 Å². The molecule has 0 unspecified atom stereocenters. The van der Waals surface area contributed by atoms with E-state index in [2.05, 4.69) is 9.62 Å². The summed E-state index contributed by atoms with van der Waals surface area (Å²) in [5.41, 5.74) is 3.17. The molecule has 1 aliphatic heterocycles. The Labute approximate surface area is 160 Å². The fraction of sp³-hybridized carbons (Fsp3) is 0.350. The molecule has 0 bridgehead atoms. The molecule has 0 spiro atoms. The van der Waals surface area contributed by atoms with E-state index in [1.807, 2.05) is 36.1 Å². The van der Waals surface area contributed by atoms with Gasteiger partial charge in [0, 0.05) is 44.5 Å². The first kappa shape index (κ1) is 19.2. The molecule has 2 aromatic carbocycles. The topological polar surface area (TPSA) is 69.7 Å². The van der Waals surface area contributed by atoms with Crippen molar-refractivity contribution >= 4 is 27.3 Å². The SMILES string of the molecule is CC(=O)N1CCN(c2ccc(NS(=O)(=O)c3cc(C)ccc3C)cc2)CC1. The van der Waals surface area contributed by atoms with Crippen LogP contribution < -0.4 is 9.62 Å². The lowest BCUT2D eigenvalue weighted by Gasteiger charge is -2.35. The first-order valence-corrected chi connectivity index (χ1v) is 10.5. The van der Waals surface area contributed by atoms with Crippen molar-refractivity contribution in [3.05, 3.63) is 53.6 Å². The Hall–Kier alpha value is -2.54. The number of aryl methyl sites for hydroxylation is 2. The van der Waals surface area contributed by atoms with Crippen LogP contribution in [0.2, 0.25) is 0 Å². The maximum atomic E-state index is 12.7. The zero-order valence-electron chi connectivity index (χ0n) is 15.9. The molecule has 1 aliphatic rings. The molecule has 0 saturated carbocycles. The molecule has 0 radical (unpaired) electrons. The van der Waals surface area contributed by atoms with Crippen molar-refractivity contribution in [2.24, 2.45) is 0 Å². The highest BCUT2D eigenvalue weighted by molar-refractivity contribution is 7.92. The number of amides is 1. The smallest absolute Gasteiger partial charge is 0.262 e. The summed E-state index contributed by atoms with van der Waals surface area (Å²) in [7, 11) is -3.63. The van der Waals surface area contributed by atoms with Gasteiger partial charge in [-0.1, -0.05) is 12.1 Å². The number of carbonyl (C=O) groups is 1. The highest BCUT2D eigenvalue weighted by Crippen LogP contribution is 2.23. The van der Waals surface area contributed by atoms with Crippen molar-refractivity contribution in [3.63, 3.8) is 0 Å². The second-order valence-corrected chi connectivity index (χ2v) is 8.57. The van der Waals surface area contributed by atoms with Gasteiger partial charge in [-0.25, -0.2) is 8.42 Å². The first-order chi connectivity index (χ1) is 12.8. The minimum atomic E-state index is -3.63. The van der Waals surface area contributed by atoms with Gasteiger partial charge in [-0.3, -0.25) is 9.52 Å². The van der Waals surface area contributed by atoms with Gasteiger partial charge >= 0.3 is 0 Å². The molecule has 2 aromatic rings. The summed E-state index contributed by atoms with van der Waals surface area (Å²) in [6, 6.07) is 12.8. The summed E-state index contributed by atoms with van der Waals surface area (Å²) in [5.74, 6) is 0.103. The highest BCUT2D eigenvalue weighted by atomic mass is 32.2. The molecular weight excluding hydrogens is 362 g/mol. The van der Waals surface area contributed by atoms with Gasteiger partial charge in [0.05, 0.1) is 4.90 Å². The fourth-order valence-electron chi connectivity index (χ4n) is 3.23. The number of rotatable bonds is 4. The molecule has 6 nitrogen and oxygen atoms in total. The zero-order valence-corrected chi connectivity index (χ0v) is 16.7. The summed E-state index contributed by atoms with van der Waals surface area (Å²) in [6.45, 7) is 8.20. The van der Waals surface area contributed by atoms with Crippen LogP contribution in [-0.2, 0) is 14.8 Å². The Kier molecular flexibility index (Phi) is 5.41. The lowest BCUT2D eigenvalue weighted by molar-refractivity contribution is -0.129. The number of carbonyl (C=O) groups excluding carboxylic acids is 1. The number of anilines is 2. The van der Waals surface area contributed by atoms with E-state index in [1.165, 1.54) is 0 Å². The van der Waals surface area contributed by atoms with E-state index < -0.39 is 10.0 Å². The number of sulfonamides is 1. The predicted octanol–water partition coefficient (Wildman–Crippen LogP) is 2.77. The van der Waals surface area contributed by atoms with Crippen LogP contribution in [0.15, 0.2) is 47.4 Å². The van der Waals surface area contributed by atoms with Crippen molar-refractivity contribution in [2.75, 3.05) is 35.8 Å². The van der Waals surface area contributed by atoms with E-state index in [0.717, 1.165) is 24.3 Å². The van der Waals surface area contributed by atoms with Gasteiger partial charge in [0.1, 0.15) is 0 Å². The monoisotopic (exact) mass is 387 g/mol. The minimum Gasteiger partial charge on any atom is -0.368 e. The highest BCUT2D eigenvalue weighted by Gasteiger charge is 2.20.